The molecule has 6 nitrogen and oxygen atoms in total. The molecule has 2 amide bonds. The van der Waals surface area contributed by atoms with Crippen molar-refractivity contribution in [1.82, 2.24) is 15.2 Å². The molecule has 19 heavy (non-hydrogen) atoms. The van der Waals surface area contributed by atoms with Crippen LogP contribution in [-0.2, 0) is 4.79 Å². The second-order valence-corrected chi connectivity index (χ2v) is 5.72. The van der Waals surface area contributed by atoms with Crippen molar-refractivity contribution in [3.8, 4) is 0 Å². The Hall–Kier alpha value is -1.63. The molecule has 1 aromatic rings. The van der Waals surface area contributed by atoms with Crippen LogP contribution < -0.4 is 11.1 Å². The smallest absolute Gasteiger partial charge is 0.263 e. The maximum absolute atomic E-state index is 12.1. The summed E-state index contributed by atoms with van der Waals surface area (Å²) in [7, 11) is 0. The normalized spacial score (nSPS) is 16.4. The maximum Gasteiger partial charge on any atom is 0.263 e. The lowest BCUT2D eigenvalue weighted by Crippen LogP contribution is -2.45. The van der Waals surface area contributed by atoms with E-state index in [0.29, 0.717) is 15.7 Å². The number of likely N-dealkylation sites (tertiary alicyclic amines) is 1. The molecule has 1 unspecified atom stereocenters. The number of nitrogens with zero attached hydrogens (tertiary/aromatic N) is 2. The number of anilines is 1. The van der Waals surface area contributed by atoms with Gasteiger partial charge < -0.3 is 16.0 Å². The standard InChI is InChI=1S/C12H18N4O2S/c1-7-9(19-12(13)15-7)10(17)14-8(2)11(18)16-5-3-4-6-16/h8H,3-6H2,1-2H3,(H2,13,15)(H,14,17). The fourth-order valence-corrected chi connectivity index (χ4v) is 2.90. The van der Waals surface area contributed by atoms with Crippen LogP contribution in [0.5, 0.6) is 0 Å². The molecule has 1 aliphatic rings. The molecule has 1 atom stereocenters. The van der Waals surface area contributed by atoms with Crippen molar-refractivity contribution in [2.45, 2.75) is 32.7 Å². The number of carbonyl (C=O) groups is 2. The summed E-state index contributed by atoms with van der Waals surface area (Å²) in [5, 5.41) is 3.07. The van der Waals surface area contributed by atoms with Crippen LogP contribution in [0.1, 0.15) is 35.1 Å². The molecule has 1 fully saturated rings. The van der Waals surface area contributed by atoms with Gasteiger partial charge in [-0.3, -0.25) is 9.59 Å². The Kier molecular flexibility index (Phi) is 4.04. The third-order valence-corrected chi connectivity index (χ3v) is 4.14. The number of carbonyl (C=O) groups excluding carboxylic acids is 2. The number of hydrogen-bond acceptors (Lipinski definition) is 5. The van der Waals surface area contributed by atoms with Crippen molar-refractivity contribution in [2.75, 3.05) is 18.8 Å². The minimum absolute atomic E-state index is 0.0269. The molecule has 7 heteroatoms. The molecule has 0 aliphatic carbocycles. The van der Waals surface area contributed by atoms with Gasteiger partial charge in [0.2, 0.25) is 5.91 Å². The van der Waals surface area contributed by atoms with E-state index in [4.69, 9.17) is 5.73 Å². The van der Waals surface area contributed by atoms with Crippen LogP contribution >= 0.6 is 11.3 Å². The van der Waals surface area contributed by atoms with E-state index in [0.717, 1.165) is 37.3 Å². The van der Waals surface area contributed by atoms with Gasteiger partial charge >= 0.3 is 0 Å². The second kappa shape index (κ2) is 5.56. The van der Waals surface area contributed by atoms with E-state index < -0.39 is 6.04 Å². The molecular weight excluding hydrogens is 264 g/mol. The summed E-state index contributed by atoms with van der Waals surface area (Å²) in [5.74, 6) is -0.312. The van der Waals surface area contributed by atoms with E-state index in [1.807, 2.05) is 0 Å². The Morgan fingerprint density at radius 2 is 2.05 bits per heavy atom. The number of nitrogen functional groups attached to an aromatic ring is 1. The summed E-state index contributed by atoms with van der Waals surface area (Å²) in [5.41, 5.74) is 6.16. The van der Waals surface area contributed by atoms with Crippen LogP contribution in [0.3, 0.4) is 0 Å². The predicted octanol–water partition coefficient (Wildman–Crippen LogP) is 0.774. The molecule has 0 saturated carbocycles. The highest BCUT2D eigenvalue weighted by atomic mass is 32.1. The molecule has 0 spiro atoms. The van der Waals surface area contributed by atoms with E-state index in [1.54, 1.807) is 18.7 Å². The molecule has 1 aromatic heterocycles. The van der Waals surface area contributed by atoms with E-state index >= 15 is 0 Å². The van der Waals surface area contributed by atoms with Crippen molar-refractivity contribution >= 4 is 28.3 Å². The van der Waals surface area contributed by atoms with Gasteiger partial charge in [-0.15, -0.1) is 0 Å². The number of aryl methyl sites for hydroxylation is 1. The summed E-state index contributed by atoms with van der Waals surface area (Å²) in [4.78, 5) is 30.4. The fourth-order valence-electron chi connectivity index (χ4n) is 2.16. The van der Waals surface area contributed by atoms with E-state index in [-0.39, 0.29) is 11.8 Å². The average Bonchev–Trinajstić information content (AvgIpc) is 2.97. The Labute approximate surface area is 116 Å². The first-order valence-electron chi connectivity index (χ1n) is 6.31. The highest BCUT2D eigenvalue weighted by Gasteiger charge is 2.25. The predicted molar refractivity (Wildman–Crippen MR) is 74.0 cm³/mol. The summed E-state index contributed by atoms with van der Waals surface area (Å²) in [6.07, 6.45) is 2.08. The molecule has 0 aromatic carbocycles. The Morgan fingerprint density at radius 3 is 2.58 bits per heavy atom. The van der Waals surface area contributed by atoms with Crippen molar-refractivity contribution < 1.29 is 9.59 Å². The average molecular weight is 282 g/mol. The minimum Gasteiger partial charge on any atom is -0.375 e. The first-order valence-corrected chi connectivity index (χ1v) is 7.13. The summed E-state index contributed by atoms with van der Waals surface area (Å²) in [6.45, 7) is 5.00. The molecule has 3 N–H and O–H groups in total. The van der Waals surface area contributed by atoms with E-state index in [1.165, 1.54) is 0 Å². The first-order chi connectivity index (χ1) is 8.99. The molecule has 2 heterocycles. The zero-order valence-corrected chi connectivity index (χ0v) is 11.9. The van der Waals surface area contributed by atoms with E-state index in [9.17, 15) is 9.59 Å². The van der Waals surface area contributed by atoms with Gasteiger partial charge in [-0.25, -0.2) is 4.98 Å². The van der Waals surface area contributed by atoms with Gasteiger partial charge in [-0.2, -0.15) is 0 Å². The van der Waals surface area contributed by atoms with Crippen molar-refractivity contribution in [3.05, 3.63) is 10.6 Å². The Morgan fingerprint density at radius 1 is 1.42 bits per heavy atom. The zero-order valence-electron chi connectivity index (χ0n) is 11.1. The molecule has 1 saturated heterocycles. The SMILES string of the molecule is Cc1nc(N)sc1C(=O)NC(C)C(=O)N1CCCC1. The summed E-state index contributed by atoms with van der Waals surface area (Å²) >= 11 is 1.14. The monoisotopic (exact) mass is 282 g/mol. The van der Waals surface area contributed by atoms with Crippen LogP contribution in [0.2, 0.25) is 0 Å². The fraction of sp³-hybridized carbons (Fsp3) is 0.583. The van der Waals surface area contributed by atoms with Crippen LogP contribution in [0.25, 0.3) is 0 Å². The largest absolute Gasteiger partial charge is 0.375 e. The van der Waals surface area contributed by atoms with E-state index in [2.05, 4.69) is 10.3 Å². The van der Waals surface area contributed by atoms with Gasteiger partial charge in [0.25, 0.3) is 5.91 Å². The number of amides is 2. The molecule has 0 radical (unpaired) electrons. The number of hydrogen-bond donors (Lipinski definition) is 2. The van der Waals surface area contributed by atoms with Crippen LogP contribution in [0.15, 0.2) is 0 Å². The number of nitrogens with one attached hydrogen (secondary N) is 1. The van der Waals surface area contributed by atoms with Crippen LogP contribution in [0, 0.1) is 6.92 Å². The van der Waals surface area contributed by atoms with Gasteiger partial charge in [0.15, 0.2) is 5.13 Å². The summed E-state index contributed by atoms with van der Waals surface area (Å²) < 4.78 is 0. The Balaban J connectivity index is 1.98. The summed E-state index contributed by atoms with van der Waals surface area (Å²) in [6, 6.07) is -0.520. The highest BCUT2D eigenvalue weighted by molar-refractivity contribution is 7.17. The molecule has 2 rings (SSSR count). The second-order valence-electron chi connectivity index (χ2n) is 4.69. The van der Waals surface area contributed by atoms with Gasteiger partial charge in [-0.05, 0) is 26.7 Å². The number of thiazole rings is 1. The Bertz CT molecular complexity index is 494. The van der Waals surface area contributed by atoms with Gasteiger partial charge in [0.1, 0.15) is 10.9 Å². The number of nitrogens with two attached hydrogens (primary N) is 1. The number of rotatable bonds is 3. The first kappa shape index (κ1) is 13.8. The highest BCUT2D eigenvalue weighted by Crippen LogP contribution is 2.19. The lowest BCUT2D eigenvalue weighted by molar-refractivity contribution is -0.131. The lowest BCUT2D eigenvalue weighted by atomic mass is 10.2. The zero-order chi connectivity index (χ0) is 14.0. The molecule has 104 valence electrons. The topological polar surface area (TPSA) is 88.3 Å². The minimum atomic E-state index is -0.520. The third kappa shape index (κ3) is 3.04. The number of aromatic nitrogens is 1. The molecule has 0 bridgehead atoms. The van der Waals surface area contributed by atoms with Crippen molar-refractivity contribution in [2.24, 2.45) is 0 Å². The van der Waals surface area contributed by atoms with Gasteiger partial charge in [0, 0.05) is 13.1 Å². The quantitative estimate of drug-likeness (QED) is 0.857. The van der Waals surface area contributed by atoms with Crippen LogP contribution in [-0.4, -0.2) is 40.8 Å². The van der Waals surface area contributed by atoms with Crippen molar-refractivity contribution in [1.29, 1.82) is 0 Å². The molecular formula is C12H18N4O2S. The lowest BCUT2D eigenvalue weighted by Gasteiger charge is -2.20. The van der Waals surface area contributed by atoms with Crippen LogP contribution in [0.4, 0.5) is 5.13 Å². The maximum atomic E-state index is 12.1. The van der Waals surface area contributed by atoms with Gasteiger partial charge in [0.05, 0.1) is 5.69 Å². The third-order valence-electron chi connectivity index (χ3n) is 3.16. The van der Waals surface area contributed by atoms with Gasteiger partial charge in [-0.1, -0.05) is 11.3 Å². The molecule has 1 aliphatic heterocycles. The van der Waals surface area contributed by atoms with Crippen molar-refractivity contribution in [3.63, 3.8) is 0 Å².